The quantitative estimate of drug-likeness (QED) is 0.575. The second-order valence-corrected chi connectivity index (χ2v) is 5.75. The van der Waals surface area contributed by atoms with E-state index in [0.717, 1.165) is 38.4 Å². The molecule has 0 unspecified atom stereocenters. The molecule has 0 spiro atoms. The van der Waals surface area contributed by atoms with Gasteiger partial charge in [-0.05, 0) is 12.5 Å². The lowest BCUT2D eigenvalue weighted by molar-refractivity contribution is -0.117. The van der Waals surface area contributed by atoms with Crippen LogP contribution in [0.3, 0.4) is 0 Å². The highest BCUT2D eigenvalue weighted by Gasteiger charge is 2.12. The summed E-state index contributed by atoms with van der Waals surface area (Å²) < 4.78 is 5.28. The molecule has 2 rings (SSSR count). The van der Waals surface area contributed by atoms with Gasteiger partial charge >= 0.3 is 0 Å². The van der Waals surface area contributed by atoms with Crippen molar-refractivity contribution in [1.82, 2.24) is 15.5 Å². The van der Waals surface area contributed by atoms with Crippen LogP contribution in [0.5, 0.6) is 0 Å². The van der Waals surface area contributed by atoms with Gasteiger partial charge in [0.15, 0.2) is 0 Å². The van der Waals surface area contributed by atoms with Gasteiger partial charge in [0.25, 0.3) is 5.91 Å². The number of ether oxygens (including phenoxy) is 1. The van der Waals surface area contributed by atoms with E-state index in [9.17, 15) is 4.79 Å². The molecule has 24 heavy (non-hydrogen) atoms. The van der Waals surface area contributed by atoms with Gasteiger partial charge in [-0.1, -0.05) is 29.8 Å². The predicted molar refractivity (Wildman–Crippen MR) is 92.0 cm³/mol. The number of aryl methyl sites for hydroxylation is 1. The normalized spacial score (nSPS) is 15.6. The van der Waals surface area contributed by atoms with E-state index in [1.54, 1.807) is 0 Å². The number of hydrogen-bond acceptors (Lipinski definition) is 5. The molecule has 1 aliphatic rings. The molecule has 1 aliphatic heterocycles. The standard InChI is InChI=1S/C18H24N4O2/c1-15-2-4-16(5-3-15)13-20-14-17(12-19)18(23)21-6-7-22-8-10-24-11-9-22/h2-5,14,20H,6-11,13H2,1H3,(H,21,23)/b17-14-. The third-order valence-corrected chi connectivity index (χ3v) is 3.86. The molecule has 6 nitrogen and oxygen atoms in total. The summed E-state index contributed by atoms with van der Waals surface area (Å²) in [6.45, 7) is 7.14. The van der Waals surface area contributed by atoms with Crippen molar-refractivity contribution in [2.24, 2.45) is 0 Å². The zero-order valence-electron chi connectivity index (χ0n) is 14.0. The third kappa shape index (κ3) is 6.03. The highest BCUT2D eigenvalue weighted by Crippen LogP contribution is 2.02. The van der Waals surface area contributed by atoms with Crippen LogP contribution in [0.1, 0.15) is 11.1 Å². The van der Waals surface area contributed by atoms with Crippen LogP contribution in [0, 0.1) is 18.3 Å². The number of amides is 1. The number of nitrogens with one attached hydrogen (secondary N) is 2. The zero-order chi connectivity index (χ0) is 17.2. The smallest absolute Gasteiger partial charge is 0.263 e. The Hall–Kier alpha value is -2.36. The summed E-state index contributed by atoms with van der Waals surface area (Å²) in [4.78, 5) is 14.2. The van der Waals surface area contributed by atoms with Crippen LogP contribution in [-0.4, -0.2) is 50.2 Å². The minimum atomic E-state index is -0.345. The molecule has 1 aromatic carbocycles. The zero-order valence-corrected chi connectivity index (χ0v) is 14.0. The number of carbonyl (C=O) groups excluding carboxylic acids is 1. The predicted octanol–water partition coefficient (Wildman–Crippen LogP) is 0.940. The monoisotopic (exact) mass is 328 g/mol. The molecular weight excluding hydrogens is 304 g/mol. The molecule has 0 radical (unpaired) electrons. The van der Waals surface area contributed by atoms with E-state index in [4.69, 9.17) is 10.00 Å². The molecule has 2 N–H and O–H groups in total. The summed E-state index contributed by atoms with van der Waals surface area (Å²) in [5.41, 5.74) is 2.39. The van der Waals surface area contributed by atoms with E-state index in [2.05, 4.69) is 15.5 Å². The summed E-state index contributed by atoms with van der Waals surface area (Å²) in [6.07, 6.45) is 1.48. The first kappa shape index (κ1) is 18.0. The molecule has 1 saturated heterocycles. The van der Waals surface area contributed by atoms with Crippen LogP contribution in [0.4, 0.5) is 0 Å². The average Bonchev–Trinajstić information content (AvgIpc) is 2.61. The molecular formula is C18H24N4O2. The van der Waals surface area contributed by atoms with E-state index >= 15 is 0 Å². The van der Waals surface area contributed by atoms with Crippen LogP contribution in [0.25, 0.3) is 0 Å². The summed E-state index contributed by atoms with van der Waals surface area (Å²) in [5.74, 6) is -0.345. The van der Waals surface area contributed by atoms with E-state index < -0.39 is 0 Å². The van der Waals surface area contributed by atoms with Crippen LogP contribution < -0.4 is 10.6 Å². The summed E-state index contributed by atoms with van der Waals surface area (Å²) in [5, 5.41) is 14.9. The molecule has 128 valence electrons. The van der Waals surface area contributed by atoms with E-state index in [0.29, 0.717) is 13.1 Å². The number of hydrogen-bond donors (Lipinski definition) is 2. The maximum absolute atomic E-state index is 12.0. The van der Waals surface area contributed by atoms with Crippen LogP contribution in [0.2, 0.25) is 0 Å². The Kier molecular flexibility index (Phi) is 7.27. The average molecular weight is 328 g/mol. The van der Waals surface area contributed by atoms with E-state index in [1.165, 1.54) is 11.8 Å². The van der Waals surface area contributed by atoms with Crippen molar-refractivity contribution in [2.75, 3.05) is 39.4 Å². The maximum atomic E-state index is 12.0. The summed E-state index contributed by atoms with van der Waals surface area (Å²) >= 11 is 0. The fourth-order valence-electron chi connectivity index (χ4n) is 2.37. The van der Waals surface area contributed by atoms with E-state index in [-0.39, 0.29) is 11.5 Å². The summed E-state index contributed by atoms with van der Waals surface area (Å²) in [7, 11) is 0. The van der Waals surface area contributed by atoms with Gasteiger partial charge in [0, 0.05) is 38.9 Å². The number of nitriles is 1. The lowest BCUT2D eigenvalue weighted by Crippen LogP contribution is -2.41. The molecule has 6 heteroatoms. The van der Waals surface area contributed by atoms with Gasteiger partial charge in [-0.2, -0.15) is 5.26 Å². The molecule has 1 heterocycles. The Morgan fingerprint density at radius 2 is 2.04 bits per heavy atom. The Labute approximate surface area is 143 Å². The minimum Gasteiger partial charge on any atom is -0.386 e. The molecule has 0 aromatic heterocycles. The fraction of sp³-hybridized carbons (Fsp3) is 0.444. The van der Waals surface area contributed by atoms with Crippen molar-refractivity contribution < 1.29 is 9.53 Å². The minimum absolute atomic E-state index is 0.0871. The molecule has 1 aromatic rings. The van der Waals surface area contributed by atoms with Gasteiger partial charge in [0.05, 0.1) is 13.2 Å². The molecule has 1 fully saturated rings. The summed E-state index contributed by atoms with van der Waals surface area (Å²) in [6, 6.07) is 10.0. The molecule has 1 amide bonds. The van der Waals surface area contributed by atoms with Gasteiger partial charge in [-0.25, -0.2) is 0 Å². The maximum Gasteiger partial charge on any atom is 0.263 e. The largest absolute Gasteiger partial charge is 0.386 e. The number of nitrogens with zero attached hydrogens (tertiary/aromatic N) is 2. The Morgan fingerprint density at radius 1 is 1.33 bits per heavy atom. The highest BCUT2D eigenvalue weighted by molar-refractivity contribution is 5.97. The number of rotatable bonds is 7. The lowest BCUT2D eigenvalue weighted by Gasteiger charge is -2.26. The van der Waals surface area contributed by atoms with Crippen molar-refractivity contribution in [1.29, 1.82) is 5.26 Å². The first-order valence-electron chi connectivity index (χ1n) is 8.16. The molecule has 0 saturated carbocycles. The third-order valence-electron chi connectivity index (χ3n) is 3.86. The van der Waals surface area contributed by atoms with Crippen LogP contribution in [0.15, 0.2) is 36.0 Å². The van der Waals surface area contributed by atoms with Crippen molar-refractivity contribution in [2.45, 2.75) is 13.5 Å². The van der Waals surface area contributed by atoms with Crippen molar-refractivity contribution >= 4 is 5.91 Å². The van der Waals surface area contributed by atoms with Crippen molar-refractivity contribution in [3.8, 4) is 6.07 Å². The van der Waals surface area contributed by atoms with Crippen molar-refractivity contribution in [3.05, 3.63) is 47.2 Å². The second-order valence-electron chi connectivity index (χ2n) is 5.75. The van der Waals surface area contributed by atoms with Gasteiger partial charge in [0.1, 0.15) is 11.6 Å². The first-order valence-corrected chi connectivity index (χ1v) is 8.16. The van der Waals surface area contributed by atoms with Crippen LogP contribution >= 0.6 is 0 Å². The Bertz CT molecular complexity index is 598. The Balaban J connectivity index is 1.73. The molecule has 0 aliphatic carbocycles. The van der Waals surface area contributed by atoms with Gasteiger partial charge in [-0.3, -0.25) is 9.69 Å². The van der Waals surface area contributed by atoms with E-state index in [1.807, 2.05) is 37.3 Å². The number of carbonyl (C=O) groups is 1. The van der Waals surface area contributed by atoms with Crippen LogP contribution in [-0.2, 0) is 16.1 Å². The molecule has 0 bridgehead atoms. The SMILES string of the molecule is Cc1ccc(CN/C=C(/C#N)C(=O)NCCN2CCOCC2)cc1. The fourth-order valence-corrected chi connectivity index (χ4v) is 2.37. The van der Waals surface area contributed by atoms with Gasteiger partial charge in [-0.15, -0.1) is 0 Å². The topological polar surface area (TPSA) is 77.4 Å². The lowest BCUT2D eigenvalue weighted by atomic mass is 10.1. The molecule has 0 atom stereocenters. The van der Waals surface area contributed by atoms with Gasteiger partial charge < -0.3 is 15.4 Å². The number of morpholine rings is 1. The Morgan fingerprint density at radius 3 is 2.71 bits per heavy atom. The second kappa shape index (κ2) is 9.71. The first-order chi connectivity index (χ1) is 11.7. The highest BCUT2D eigenvalue weighted by atomic mass is 16.5. The van der Waals surface area contributed by atoms with Gasteiger partial charge in [0.2, 0.25) is 0 Å². The van der Waals surface area contributed by atoms with Crippen molar-refractivity contribution in [3.63, 3.8) is 0 Å². The number of benzene rings is 1.